The minimum atomic E-state index is -4.56. The Hall–Kier alpha value is -2.00. The highest BCUT2D eigenvalue weighted by Gasteiger charge is 2.25. The number of rotatable bonds is 4. The summed E-state index contributed by atoms with van der Waals surface area (Å²) in [5.41, 5.74) is 0. The number of aromatic nitrogens is 2. The van der Waals surface area contributed by atoms with Crippen molar-refractivity contribution in [1.29, 1.82) is 0 Å². The van der Waals surface area contributed by atoms with Crippen LogP contribution in [-0.2, 0) is 10.0 Å². The molecular formula is C11H8ClF2N3O3S. The van der Waals surface area contributed by atoms with Crippen molar-refractivity contribution in [1.82, 2.24) is 9.97 Å². The van der Waals surface area contributed by atoms with E-state index in [9.17, 15) is 17.2 Å². The summed E-state index contributed by atoms with van der Waals surface area (Å²) in [6.07, 6.45) is 0. The summed E-state index contributed by atoms with van der Waals surface area (Å²) in [5, 5.41) is -0.103. The molecule has 1 aromatic carbocycles. The highest BCUT2D eigenvalue weighted by Crippen LogP contribution is 2.22. The molecular weight excluding hydrogens is 328 g/mol. The van der Waals surface area contributed by atoms with Crippen LogP contribution >= 0.6 is 11.6 Å². The molecule has 21 heavy (non-hydrogen) atoms. The first-order valence-electron chi connectivity index (χ1n) is 5.39. The van der Waals surface area contributed by atoms with Gasteiger partial charge in [-0.2, -0.15) is 4.98 Å². The molecule has 0 bridgehead atoms. The Morgan fingerprint density at radius 3 is 2.43 bits per heavy atom. The lowest BCUT2D eigenvalue weighted by Gasteiger charge is -2.09. The minimum absolute atomic E-state index is 0.0123. The van der Waals surface area contributed by atoms with Gasteiger partial charge in [-0.15, -0.1) is 0 Å². The summed E-state index contributed by atoms with van der Waals surface area (Å²) < 4.78 is 57.7. The van der Waals surface area contributed by atoms with E-state index in [-0.39, 0.29) is 11.0 Å². The average molecular weight is 336 g/mol. The smallest absolute Gasteiger partial charge is 0.270 e. The van der Waals surface area contributed by atoms with Crippen molar-refractivity contribution in [2.75, 3.05) is 11.8 Å². The highest BCUT2D eigenvalue weighted by molar-refractivity contribution is 7.92. The van der Waals surface area contributed by atoms with Crippen LogP contribution in [0.3, 0.4) is 0 Å². The number of benzene rings is 1. The van der Waals surface area contributed by atoms with Crippen molar-refractivity contribution >= 4 is 27.6 Å². The second kappa shape index (κ2) is 5.78. The summed E-state index contributed by atoms with van der Waals surface area (Å²) in [6, 6.07) is 3.92. The lowest BCUT2D eigenvalue weighted by Crippen LogP contribution is -2.18. The van der Waals surface area contributed by atoms with Gasteiger partial charge in [0, 0.05) is 6.07 Å². The molecule has 1 N–H and O–H groups in total. The van der Waals surface area contributed by atoms with Gasteiger partial charge in [0.1, 0.15) is 16.8 Å². The molecule has 0 aliphatic heterocycles. The van der Waals surface area contributed by atoms with E-state index >= 15 is 0 Å². The molecule has 0 aliphatic carbocycles. The molecule has 0 saturated heterocycles. The number of hydrogen-bond donors (Lipinski definition) is 1. The standard InChI is InChI=1S/C11H8ClF2N3O3S/c1-20-9-5-8(12)15-11(16-9)17-21(18,19)10-6(13)3-2-4-7(10)14/h2-5H,1H3,(H,15,16,17). The molecule has 0 saturated carbocycles. The lowest BCUT2D eigenvalue weighted by atomic mass is 10.3. The molecule has 0 radical (unpaired) electrons. The van der Waals surface area contributed by atoms with Crippen LogP contribution < -0.4 is 9.46 Å². The Kier molecular flexibility index (Phi) is 4.24. The number of methoxy groups -OCH3 is 1. The van der Waals surface area contributed by atoms with E-state index in [4.69, 9.17) is 16.3 Å². The number of nitrogens with zero attached hydrogens (tertiary/aromatic N) is 2. The van der Waals surface area contributed by atoms with E-state index in [1.807, 2.05) is 4.72 Å². The third-order valence-corrected chi connectivity index (χ3v) is 3.87. The van der Waals surface area contributed by atoms with E-state index in [2.05, 4.69) is 9.97 Å². The van der Waals surface area contributed by atoms with Gasteiger partial charge >= 0.3 is 0 Å². The molecule has 112 valence electrons. The summed E-state index contributed by atoms with van der Waals surface area (Å²) >= 11 is 5.65. The number of ether oxygens (including phenoxy) is 1. The quantitative estimate of drug-likeness (QED) is 0.866. The first-order chi connectivity index (χ1) is 9.83. The normalized spacial score (nSPS) is 11.2. The van der Waals surface area contributed by atoms with Crippen LogP contribution in [0.1, 0.15) is 0 Å². The van der Waals surface area contributed by atoms with Crippen LogP contribution in [0, 0.1) is 11.6 Å². The fourth-order valence-electron chi connectivity index (χ4n) is 1.46. The first-order valence-corrected chi connectivity index (χ1v) is 7.25. The Labute approximate surface area is 123 Å². The lowest BCUT2D eigenvalue weighted by molar-refractivity contribution is 0.397. The number of hydrogen-bond acceptors (Lipinski definition) is 5. The SMILES string of the molecule is COc1cc(Cl)nc(NS(=O)(=O)c2c(F)cccc2F)n1. The zero-order chi connectivity index (χ0) is 15.6. The zero-order valence-corrected chi connectivity index (χ0v) is 12.0. The molecule has 1 heterocycles. The largest absolute Gasteiger partial charge is 0.481 e. The predicted octanol–water partition coefficient (Wildman–Crippen LogP) is 2.22. The molecule has 2 rings (SSSR count). The molecule has 6 nitrogen and oxygen atoms in total. The van der Waals surface area contributed by atoms with Crippen LogP contribution in [-0.4, -0.2) is 25.5 Å². The molecule has 10 heteroatoms. The molecule has 0 atom stereocenters. The van der Waals surface area contributed by atoms with Crippen molar-refractivity contribution in [3.8, 4) is 5.88 Å². The van der Waals surface area contributed by atoms with Gasteiger partial charge < -0.3 is 4.74 Å². The van der Waals surface area contributed by atoms with Crippen LogP contribution in [0.2, 0.25) is 5.15 Å². The Bertz CT molecular complexity index is 766. The van der Waals surface area contributed by atoms with Gasteiger partial charge in [-0.3, -0.25) is 0 Å². The molecule has 0 unspecified atom stereocenters. The number of sulfonamides is 1. The van der Waals surface area contributed by atoms with Crippen molar-refractivity contribution < 1.29 is 21.9 Å². The second-order valence-electron chi connectivity index (χ2n) is 3.71. The van der Waals surface area contributed by atoms with E-state index in [1.165, 1.54) is 13.2 Å². The Morgan fingerprint density at radius 2 is 1.86 bits per heavy atom. The van der Waals surface area contributed by atoms with Gasteiger partial charge in [-0.1, -0.05) is 17.7 Å². The summed E-state index contributed by atoms with van der Waals surface area (Å²) in [7, 11) is -3.27. The second-order valence-corrected chi connectivity index (χ2v) is 5.72. The van der Waals surface area contributed by atoms with Gasteiger partial charge in [0.2, 0.25) is 11.8 Å². The highest BCUT2D eigenvalue weighted by atomic mass is 35.5. The van der Waals surface area contributed by atoms with E-state index in [1.54, 1.807) is 0 Å². The summed E-state index contributed by atoms with van der Waals surface area (Å²) in [5.74, 6) is -2.96. The average Bonchev–Trinajstić information content (AvgIpc) is 2.36. The van der Waals surface area contributed by atoms with Gasteiger partial charge in [-0.05, 0) is 12.1 Å². The van der Waals surface area contributed by atoms with Crippen LogP contribution in [0.5, 0.6) is 5.88 Å². The van der Waals surface area contributed by atoms with Crippen LogP contribution in [0.4, 0.5) is 14.7 Å². The van der Waals surface area contributed by atoms with E-state index in [0.717, 1.165) is 18.2 Å². The fourth-order valence-corrected chi connectivity index (χ4v) is 2.71. The molecule has 0 aliphatic rings. The molecule has 0 amide bonds. The number of anilines is 1. The van der Waals surface area contributed by atoms with Crippen molar-refractivity contribution in [2.45, 2.75) is 4.90 Å². The maximum absolute atomic E-state index is 13.5. The predicted molar refractivity (Wildman–Crippen MR) is 70.8 cm³/mol. The van der Waals surface area contributed by atoms with Gasteiger partial charge in [0.15, 0.2) is 4.90 Å². The fraction of sp³-hybridized carbons (Fsp3) is 0.0909. The molecule has 0 spiro atoms. The van der Waals surface area contributed by atoms with E-state index < -0.39 is 32.5 Å². The van der Waals surface area contributed by atoms with Crippen molar-refractivity contribution in [2.24, 2.45) is 0 Å². The molecule has 0 fully saturated rings. The molecule has 2 aromatic rings. The van der Waals surface area contributed by atoms with Crippen LogP contribution in [0.25, 0.3) is 0 Å². The minimum Gasteiger partial charge on any atom is -0.481 e. The molecule has 1 aromatic heterocycles. The zero-order valence-electron chi connectivity index (χ0n) is 10.5. The van der Waals surface area contributed by atoms with Gasteiger partial charge in [-0.25, -0.2) is 26.9 Å². The Balaban J connectivity index is 2.45. The topological polar surface area (TPSA) is 81.2 Å². The summed E-state index contributed by atoms with van der Waals surface area (Å²) in [4.78, 5) is 6.13. The maximum atomic E-state index is 13.5. The first kappa shape index (κ1) is 15.4. The van der Waals surface area contributed by atoms with E-state index in [0.29, 0.717) is 0 Å². The van der Waals surface area contributed by atoms with Crippen molar-refractivity contribution in [3.05, 3.63) is 41.1 Å². The number of halogens is 3. The number of nitrogens with one attached hydrogen (secondary N) is 1. The van der Waals surface area contributed by atoms with Crippen LogP contribution in [0.15, 0.2) is 29.2 Å². The Morgan fingerprint density at radius 1 is 1.24 bits per heavy atom. The third kappa shape index (κ3) is 3.37. The van der Waals surface area contributed by atoms with Gasteiger partial charge in [0.05, 0.1) is 7.11 Å². The summed E-state index contributed by atoms with van der Waals surface area (Å²) in [6.45, 7) is 0. The van der Waals surface area contributed by atoms with Crippen molar-refractivity contribution in [3.63, 3.8) is 0 Å². The monoisotopic (exact) mass is 335 g/mol. The maximum Gasteiger partial charge on any atom is 0.270 e. The third-order valence-electron chi connectivity index (χ3n) is 2.29. The van der Waals surface area contributed by atoms with Gasteiger partial charge in [0.25, 0.3) is 10.0 Å².